The van der Waals surface area contributed by atoms with Crippen molar-refractivity contribution in [3.63, 3.8) is 0 Å². The van der Waals surface area contributed by atoms with Crippen molar-refractivity contribution in [1.29, 1.82) is 0 Å². The number of amides is 1. The van der Waals surface area contributed by atoms with Crippen LogP contribution in [0.15, 0.2) is 18.2 Å². The molecular formula is C12H15ClN2O2. The molecule has 5 heteroatoms. The van der Waals surface area contributed by atoms with E-state index in [2.05, 4.69) is 10.6 Å². The zero-order chi connectivity index (χ0) is 12.3. The van der Waals surface area contributed by atoms with Crippen LogP contribution in [0.1, 0.15) is 23.2 Å². The van der Waals surface area contributed by atoms with Gasteiger partial charge in [-0.2, -0.15) is 0 Å². The number of aromatic hydroxyl groups is 1. The third-order valence-corrected chi connectivity index (χ3v) is 3.20. The molecule has 0 radical (unpaired) electrons. The molecule has 0 unspecified atom stereocenters. The average Bonchev–Trinajstić information content (AvgIpc) is 2.33. The first-order valence-corrected chi connectivity index (χ1v) is 6.04. The van der Waals surface area contributed by atoms with Crippen LogP contribution >= 0.6 is 11.6 Å². The molecule has 1 aromatic rings. The third-order valence-electron chi connectivity index (χ3n) is 2.87. The Labute approximate surface area is 105 Å². The summed E-state index contributed by atoms with van der Waals surface area (Å²) in [5.41, 5.74) is 0.324. The molecule has 1 amide bonds. The van der Waals surface area contributed by atoms with Crippen molar-refractivity contribution in [3.05, 3.63) is 28.8 Å². The van der Waals surface area contributed by atoms with Crippen LogP contribution in [0.4, 0.5) is 0 Å². The number of hydrogen-bond donors (Lipinski definition) is 3. The van der Waals surface area contributed by atoms with Crippen molar-refractivity contribution < 1.29 is 9.90 Å². The number of phenolic OH excluding ortho intramolecular Hbond substituents is 1. The van der Waals surface area contributed by atoms with Crippen LogP contribution in [0.3, 0.4) is 0 Å². The molecule has 1 saturated heterocycles. The molecule has 0 bridgehead atoms. The molecule has 0 atom stereocenters. The first kappa shape index (κ1) is 12.2. The normalized spacial score (nSPS) is 16.8. The summed E-state index contributed by atoms with van der Waals surface area (Å²) >= 11 is 5.92. The predicted octanol–water partition coefficient (Wildman–Crippen LogP) is 1.53. The molecule has 3 N–H and O–H groups in total. The van der Waals surface area contributed by atoms with Crippen LogP contribution in [-0.2, 0) is 0 Å². The number of piperidine rings is 1. The Morgan fingerprint density at radius 2 is 2.12 bits per heavy atom. The quantitative estimate of drug-likeness (QED) is 0.750. The molecule has 1 aromatic carbocycles. The minimum absolute atomic E-state index is 0.0462. The maximum Gasteiger partial charge on any atom is 0.253 e. The summed E-state index contributed by atoms with van der Waals surface area (Å²) in [6.45, 7) is 1.83. The largest absolute Gasteiger partial charge is 0.508 e. The second-order valence-corrected chi connectivity index (χ2v) is 4.57. The molecule has 1 heterocycles. The van der Waals surface area contributed by atoms with Gasteiger partial charge in [-0.1, -0.05) is 11.6 Å². The number of hydrogen-bond acceptors (Lipinski definition) is 3. The number of carbonyl (C=O) groups excluding carboxylic acids is 1. The molecule has 1 aliphatic rings. The maximum absolute atomic E-state index is 12.0. The fourth-order valence-corrected chi connectivity index (χ4v) is 2.12. The molecule has 4 nitrogen and oxygen atoms in total. The summed E-state index contributed by atoms with van der Waals surface area (Å²) in [5, 5.41) is 15.9. The van der Waals surface area contributed by atoms with Gasteiger partial charge in [-0.05, 0) is 44.1 Å². The van der Waals surface area contributed by atoms with E-state index in [4.69, 9.17) is 11.6 Å². The monoisotopic (exact) mass is 254 g/mol. The third kappa shape index (κ3) is 3.11. The smallest absolute Gasteiger partial charge is 0.253 e. The highest BCUT2D eigenvalue weighted by molar-refractivity contribution is 6.33. The molecule has 0 aliphatic carbocycles. The van der Waals surface area contributed by atoms with E-state index in [1.54, 1.807) is 0 Å². The van der Waals surface area contributed by atoms with Crippen molar-refractivity contribution in [1.82, 2.24) is 10.6 Å². The van der Waals surface area contributed by atoms with E-state index in [0.29, 0.717) is 10.6 Å². The summed E-state index contributed by atoms with van der Waals surface area (Å²) in [7, 11) is 0. The van der Waals surface area contributed by atoms with Crippen molar-refractivity contribution in [2.24, 2.45) is 0 Å². The van der Waals surface area contributed by atoms with E-state index < -0.39 is 0 Å². The molecule has 17 heavy (non-hydrogen) atoms. The molecule has 92 valence electrons. The van der Waals surface area contributed by atoms with Crippen molar-refractivity contribution in [3.8, 4) is 5.75 Å². The van der Waals surface area contributed by atoms with Gasteiger partial charge in [-0.3, -0.25) is 4.79 Å². The van der Waals surface area contributed by atoms with Gasteiger partial charge in [0.25, 0.3) is 5.91 Å². The van der Waals surface area contributed by atoms with Gasteiger partial charge in [0.15, 0.2) is 0 Å². The van der Waals surface area contributed by atoms with Gasteiger partial charge in [0.1, 0.15) is 5.75 Å². The van der Waals surface area contributed by atoms with Crippen LogP contribution in [0.2, 0.25) is 5.02 Å². The van der Waals surface area contributed by atoms with Gasteiger partial charge < -0.3 is 15.7 Å². The minimum atomic E-state index is -0.224. The standard InChI is InChI=1S/C12H15ClN2O2/c13-11-2-1-9(16)7-10(11)12(17)15-8-3-5-14-6-4-8/h1-2,7-8,14,16H,3-6H2,(H,15,17). The molecule has 0 spiro atoms. The molecule has 1 fully saturated rings. The van der Waals surface area contributed by atoms with Crippen molar-refractivity contribution >= 4 is 17.5 Å². The van der Waals surface area contributed by atoms with E-state index in [1.165, 1.54) is 18.2 Å². The predicted molar refractivity (Wildman–Crippen MR) is 66.5 cm³/mol. The van der Waals surface area contributed by atoms with E-state index in [9.17, 15) is 9.90 Å². The number of nitrogens with one attached hydrogen (secondary N) is 2. The Morgan fingerprint density at radius 3 is 2.82 bits per heavy atom. The molecule has 2 rings (SSSR count). The Balaban J connectivity index is 2.05. The summed E-state index contributed by atoms with van der Waals surface area (Å²) in [5.74, 6) is -0.178. The highest BCUT2D eigenvalue weighted by atomic mass is 35.5. The van der Waals surface area contributed by atoms with E-state index in [1.807, 2.05) is 0 Å². The summed E-state index contributed by atoms with van der Waals surface area (Å²) < 4.78 is 0. The minimum Gasteiger partial charge on any atom is -0.508 e. The van der Waals surface area contributed by atoms with Gasteiger partial charge in [-0.15, -0.1) is 0 Å². The lowest BCUT2D eigenvalue weighted by atomic mass is 10.1. The number of halogens is 1. The molecular weight excluding hydrogens is 240 g/mol. The second kappa shape index (κ2) is 5.38. The fraction of sp³-hybridized carbons (Fsp3) is 0.417. The SMILES string of the molecule is O=C(NC1CCNCC1)c1cc(O)ccc1Cl. The zero-order valence-electron chi connectivity index (χ0n) is 9.37. The van der Waals surface area contributed by atoms with Crippen molar-refractivity contribution in [2.45, 2.75) is 18.9 Å². The Bertz CT molecular complexity index is 417. The number of rotatable bonds is 2. The van der Waals surface area contributed by atoms with Crippen LogP contribution in [0.25, 0.3) is 0 Å². The lowest BCUT2D eigenvalue weighted by Crippen LogP contribution is -2.42. The lowest BCUT2D eigenvalue weighted by molar-refractivity contribution is 0.0929. The number of carbonyl (C=O) groups is 1. The summed E-state index contributed by atoms with van der Waals surface area (Å²) in [6, 6.07) is 4.55. The fourth-order valence-electron chi connectivity index (χ4n) is 1.92. The number of phenols is 1. The van der Waals surface area contributed by atoms with E-state index in [-0.39, 0.29) is 17.7 Å². The van der Waals surface area contributed by atoms with Crippen LogP contribution < -0.4 is 10.6 Å². The van der Waals surface area contributed by atoms with Crippen LogP contribution in [0.5, 0.6) is 5.75 Å². The Hall–Kier alpha value is -1.26. The summed E-state index contributed by atoms with van der Waals surface area (Å²) in [4.78, 5) is 12.0. The molecule has 1 aliphatic heterocycles. The van der Waals surface area contributed by atoms with Crippen molar-refractivity contribution in [2.75, 3.05) is 13.1 Å². The lowest BCUT2D eigenvalue weighted by Gasteiger charge is -2.23. The van der Waals surface area contributed by atoms with Gasteiger partial charge in [0.2, 0.25) is 0 Å². The van der Waals surface area contributed by atoms with Gasteiger partial charge in [0, 0.05) is 6.04 Å². The zero-order valence-corrected chi connectivity index (χ0v) is 10.1. The average molecular weight is 255 g/mol. The molecule has 0 saturated carbocycles. The maximum atomic E-state index is 12.0. The Morgan fingerprint density at radius 1 is 1.41 bits per heavy atom. The van der Waals surface area contributed by atoms with Crippen LogP contribution in [-0.4, -0.2) is 30.1 Å². The number of benzene rings is 1. The van der Waals surface area contributed by atoms with E-state index >= 15 is 0 Å². The first-order chi connectivity index (χ1) is 8.16. The topological polar surface area (TPSA) is 61.4 Å². The van der Waals surface area contributed by atoms with E-state index in [0.717, 1.165) is 25.9 Å². The second-order valence-electron chi connectivity index (χ2n) is 4.16. The van der Waals surface area contributed by atoms with Gasteiger partial charge in [0.05, 0.1) is 10.6 Å². The summed E-state index contributed by atoms with van der Waals surface area (Å²) in [6.07, 6.45) is 1.84. The van der Waals surface area contributed by atoms with Gasteiger partial charge >= 0.3 is 0 Å². The molecule has 0 aromatic heterocycles. The Kier molecular flexibility index (Phi) is 3.86. The van der Waals surface area contributed by atoms with Crippen LogP contribution in [0, 0.1) is 0 Å². The highest BCUT2D eigenvalue weighted by Gasteiger charge is 2.18. The first-order valence-electron chi connectivity index (χ1n) is 5.67. The highest BCUT2D eigenvalue weighted by Crippen LogP contribution is 2.21. The van der Waals surface area contributed by atoms with Gasteiger partial charge in [-0.25, -0.2) is 0 Å².